The Morgan fingerprint density at radius 3 is 2.62 bits per heavy atom. The van der Waals surface area contributed by atoms with Crippen LogP contribution in [-0.4, -0.2) is 61.0 Å². The smallest absolute Gasteiger partial charge is 0.263 e. The molecule has 10 nitrogen and oxygen atoms in total. The second-order valence-electron chi connectivity index (χ2n) is 7.02. The first-order valence-electron chi connectivity index (χ1n) is 9.47. The maximum absolute atomic E-state index is 12.6. The van der Waals surface area contributed by atoms with Gasteiger partial charge in [0.05, 0.1) is 18.4 Å². The second-order valence-corrected chi connectivity index (χ2v) is 7.02. The molecule has 1 aliphatic heterocycles. The summed E-state index contributed by atoms with van der Waals surface area (Å²) < 4.78 is 6.90. The Hall–Kier alpha value is -3.53. The van der Waals surface area contributed by atoms with E-state index in [0.717, 1.165) is 31.9 Å². The van der Waals surface area contributed by atoms with Crippen molar-refractivity contribution in [3.05, 3.63) is 58.6 Å². The minimum atomic E-state index is -0.184. The number of piperazine rings is 1. The molecule has 0 amide bonds. The van der Waals surface area contributed by atoms with E-state index in [1.54, 1.807) is 10.9 Å². The van der Waals surface area contributed by atoms with Gasteiger partial charge in [-0.1, -0.05) is 23.4 Å². The lowest BCUT2D eigenvalue weighted by Crippen LogP contribution is -2.47. The average molecular weight is 392 g/mol. The molecule has 1 fully saturated rings. The predicted octanol–water partition coefficient (Wildman–Crippen LogP) is 1.12. The van der Waals surface area contributed by atoms with E-state index in [0.29, 0.717) is 35.2 Å². The van der Waals surface area contributed by atoms with Gasteiger partial charge < -0.3 is 9.42 Å². The van der Waals surface area contributed by atoms with E-state index in [-0.39, 0.29) is 5.56 Å². The van der Waals surface area contributed by atoms with Gasteiger partial charge in [-0.2, -0.15) is 15.1 Å². The molecule has 3 aromatic heterocycles. The predicted molar refractivity (Wildman–Crippen MR) is 106 cm³/mol. The molecule has 0 radical (unpaired) electrons. The summed E-state index contributed by atoms with van der Waals surface area (Å²) in [6.45, 7) is 5.52. The summed E-state index contributed by atoms with van der Waals surface area (Å²) in [5, 5.41) is 8.66. The van der Waals surface area contributed by atoms with E-state index < -0.39 is 0 Å². The largest absolute Gasteiger partial charge is 0.340 e. The summed E-state index contributed by atoms with van der Waals surface area (Å²) in [6, 6.07) is 9.68. The first-order chi connectivity index (χ1) is 14.2. The molecule has 0 unspecified atom stereocenters. The van der Waals surface area contributed by atoms with Gasteiger partial charge in [-0.25, -0.2) is 4.68 Å². The summed E-state index contributed by atoms with van der Waals surface area (Å²) >= 11 is 0. The highest BCUT2D eigenvalue weighted by molar-refractivity contribution is 5.76. The molecular weight excluding hydrogens is 372 g/mol. The number of benzene rings is 1. The van der Waals surface area contributed by atoms with Crippen LogP contribution in [0.5, 0.6) is 0 Å². The van der Waals surface area contributed by atoms with Crippen molar-refractivity contribution in [2.24, 2.45) is 0 Å². The lowest BCUT2D eigenvalue weighted by molar-refractivity contribution is 0.214. The Morgan fingerprint density at radius 1 is 1.10 bits per heavy atom. The van der Waals surface area contributed by atoms with Crippen LogP contribution in [0.2, 0.25) is 0 Å². The van der Waals surface area contributed by atoms with Gasteiger partial charge in [0.2, 0.25) is 11.8 Å². The monoisotopic (exact) mass is 392 g/mol. The Balaban J connectivity index is 1.37. The fourth-order valence-corrected chi connectivity index (χ4v) is 3.53. The molecule has 5 rings (SSSR count). The third kappa shape index (κ3) is 3.38. The highest BCUT2D eigenvalue weighted by Crippen LogP contribution is 2.17. The van der Waals surface area contributed by atoms with Crippen LogP contribution in [0.3, 0.4) is 0 Å². The molecule has 1 N–H and O–H groups in total. The number of aromatic amines is 1. The fraction of sp³-hybridized carbons (Fsp3) is 0.316. The quantitative estimate of drug-likeness (QED) is 0.550. The van der Waals surface area contributed by atoms with Crippen molar-refractivity contribution in [2.45, 2.75) is 13.5 Å². The van der Waals surface area contributed by atoms with Gasteiger partial charge in [0.25, 0.3) is 5.56 Å². The lowest BCUT2D eigenvalue weighted by atomic mass is 10.3. The molecule has 29 heavy (non-hydrogen) atoms. The van der Waals surface area contributed by atoms with E-state index in [1.807, 2.05) is 37.3 Å². The van der Waals surface area contributed by atoms with Crippen LogP contribution in [0.15, 0.2) is 45.8 Å². The molecule has 0 atom stereocenters. The zero-order chi connectivity index (χ0) is 19.8. The van der Waals surface area contributed by atoms with E-state index in [4.69, 9.17) is 9.51 Å². The highest BCUT2D eigenvalue weighted by atomic mass is 16.5. The van der Waals surface area contributed by atoms with Gasteiger partial charge in [-0.15, -0.1) is 0 Å². The number of nitrogens with zero attached hydrogens (tertiary/aromatic N) is 7. The van der Waals surface area contributed by atoms with Crippen LogP contribution in [0.4, 0.5) is 5.95 Å². The van der Waals surface area contributed by atoms with Gasteiger partial charge >= 0.3 is 0 Å². The number of aryl methyl sites for hydroxylation is 1. The average Bonchev–Trinajstić information content (AvgIpc) is 3.35. The van der Waals surface area contributed by atoms with Crippen LogP contribution in [-0.2, 0) is 6.54 Å². The molecule has 0 bridgehead atoms. The normalized spacial score (nSPS) is 15.3. The number of fused-ring (bicyclic) bond motifs is 1. The fourth-order valence-electron chi connectivity index (χ4n) is 3.53. The number of hydrogen-bond acceptors (Lipinski definition) is 8. The second kappa shape index (κ2) is 7.13. The third-order valence-electron chi connectivity index (χ3n) is 5.03. The Kier molecular flexibility index (Phi) is 4.32. The molecule has 148 valence electrons. The summed E-state index contributed by atoms with van der Waals surface area (Å²) in [5.41, 5.74) is 1.24. The van der Waals surface area contributed by atoms with Gasteiger partial charge in [0, 0.05) is 26.2 Å². The number of aromatic nitrogens is 6. The van der Waals surface area contributed by atoms with Gasteiger partial charge in [0.15, 0.2) is 11.5 Å². The molecule has 0 saturated carbocycles. The Labute approximate surface area is 165 Å². The molecule has 1 saturated heterocycles. The van der Waals surface area contributed by atoms with Crippen LogP contribution in [0.25, 0.3) is 16.7 Å². The molecule has 10 heteroatoms. The van der Waals surface area contributed by atoms with E-state index in [2.05, 4.69) is 30.0 Å². The van der Waals surface area contributed by atoms with Gasteiger partial charge in [0.1, 0.15) is 5.39 Å². The van der Waals surface area contributed by atoms with Crippen molar-refractivity contribution in [2.75, 3.05) is 31.1 Å². The van der Waals surface area contributed by atoms with E-state index >= 15 is 0 Å². The molecule has 0 aliphatic carbocycles. The van der Waals surface area contributed by atoms with Crippen molar-refractivity contribution in [3.8, 4) is 5.69 Å². The maximum atomic E-state index is 12.6. The third-order valence-corrected chi connectivity index (χ3v) is 5.03. The zero-order valence-electron chi connectivity index (χ0n) is 15.9. The number of nitrogens with one attached hydrogen (secondary N) is 1. The first-order valence-corrected chi connectivity index (χ1v) is 9.47. The van der Waals surface area contributed by atoms with Crippen molar-refractivity contribution < 1.29 is 4.52 Å². The Bertz CT molecular complexity index is 1190. The Morgan fingerprint density at radius 2 is 1.90 bits per heavy atom. The molecule has 4 heterocycles. The van der Waals surface area contributed by atoms with Crippen LogP contribution in [0, 0.1) is 6.92 Å². The molecule has 1 aromatic carbocycles. The molecular formula is C19H20N8O2. The van der Waals surface area contributed by atoms with Gasteiger partial charge in [-0.3, -0.25) is 14.7 Å². The SMILES string of the molecule is Cc1noc(CN2CCN(c3nc4c(cnn4-c4ccccc4)c(=O)[nH]3)CC2)n1. The minimum Gasteiger partial charge on any atom is -0.340 e. The summed E-state index contributed by atoms with van der Waals surface area (Å²) in [6.07, 6.45) is 1.56. The van der Waals surface area contributed by atoms with Crippen molar-refractivity contribution >= 4 is 17.0 Å². The number of anilines is 1. The maximum Gasteiger partial charge on any atom is 0.263 e. The van der Waals surface area contributed by atoms with E-state index in [9.17, 15) is 4.79 Å². The van der Waals surface area contributed by atoms with Crippen molar-refractivity contribution in [1.29, 1.82) is 0 Å². The first kappa shape index (κ1) is 17.6. The number of H-pyrrole nitrogens is 1. The standard InChI is InChI=1S/C19H20N8O2/c1-13-21-16(29-24-13)12-25-7-9-26(10-8-25)19-22-17-15(18(28)23-19)11-20-27(17)14-5-3-2-4-6-14/h2-6,11H,7-10,12H2,1H3,(H,22,23,28). The van der Waals surface area contributed by atoms with Crippen molar-refractivity contribution in [3.63, 3.8) is 0 Å². The molecule has 4 aromatic rings. The van der Waals surface area contributed by atoms with E-state index in [1.165, 1.54) is 0 Å². The molecule has 1 aliphatic rings. The molecule has 0 spiro atoms. The summed E-state index contributed by atoms with van der Waals surface area (Å²) in [4.78, 5) is 28.8. The number of para-hydroxylation sites is 1. The lowest BCUT2D eigenvalue weighted by Gasteiger charge is -2.34. The summed E-state index contributed by atoms with van der Waals surface area (Å²) in [7, 11) is 0. The van der Waals surface area contributed by atoms with Crippen LogP contribution < -0.4 is 10.5 Å². The van der Waals surface area contributed by atoms with Crippen LogP contribution in [0.1, 0.15) is 11.7 Å². The van der Waals surface area contributed by atoms with Gasteiger partial charge in [-0.05, 0) is 19.1 Å². The zero-order valence-corrected chi connectivity index (χ0v) is 15.9. The topological polar surface area (TPSA) is 109 Å². The minimum absolute atomic E-state index is 0.184. The highest BCUT2D eigenvalue weighted by Gasteiger charge is 2.22. The number of rotatable bonds is 4. The van der Waals surface area contributed by atoms with Crippen molar-refractivity contribution in [1.82, 2.24) is 34.8 Å². The summed E-state index contributed by atoms with van der Waals surface area (Å²) in [5.74, 6) is 1.83. The number of hydrogen-bond donors (Lipinski definition) is 1. The van der Waals surface area contributed by atoms with Crippen LogP contribution >= 0.6 is 0 Å².